The van der Waals surface area contributed by atoms with Gasteiger partial charge in [-0.25, -0.2) is 21.9 Å². The normalized spacial score (nSPS) is 11.6. The van der Waals surface area contributed by atoms with Gasteiger partial charge in [0.1, 0.15) is 0 Å². The number of amides is 1. The van der Waals surface area contributed by atoms with Gasteiger partial charge in [-0.1, -0.05) is 26.0 Å². The lowest BCUT2D eigenvalue weighted by molar-refractivity contribution is -0.116. The second kappa shape index (κ2) is 9.05. The van der Waals surface area contributed by atoms with Crippen LogP contribution in [0.4, 0.5) is 14.5 Å². The number of hydrogen-bond acceptors (Lipinski definition) is 3. The molecule has 2 aromatic carbocycles. The summed E-state index contributed by atoms with van der Waals surface area (Å²) in [6.45, 7) is 4.18. The molecule has 0 atom stereocenters. The molecule has 0 unspecified atom stereocenters. The average molecular weight is 396 g/mol. The maximum Gasteiger partial charge on any atom is 0.240 e. The quantitative estimate of drug-likeness (QED) is 0.717. The fourth-order valence-electron chi connectivity index (χ4n) is 2.25. The zero-order valence-electron chi connectivity index (χ0n) is 15.1. The number of rotatable bonds is 8. The van der Waals surface area contributed by atoms with Gasteiger partial charge in [-0.15, -0.1) is 0 Å². The Kier molecular flexibility index (Phi) is 7.04. The van der Waals surface area contributed by atoms with Crippen molar-refractivity contribution < 1.29 is 22.0 Å². The largest absolute Gasteiger partial charge is 0.326 e. The molecule has 2 rings (SSSR count). The lowest BCUT2D eigenvalue weighted by Gasteiger charge is -2.09. The molecule has 0 spiro atoms. The lowest BCUT2D eigenvalue weighted by Crippen LogP contribution is -2.27. The Morgan fingerprint density at radius 3 is 2.30 bits per heavy atom. The highest BCUT2D eigenvalue weighted by molar-refractivity contribution is 7.89. The van der Waals surface area contributed by atoms with Crippen LogP contribution in [0.2, 0.25) is 0 Å². The van der Waals surface area contributed by atoms with Gasteiger partial charge in [-0.3, -0.25) is 4.79 Å². The van der Waals surface area contributed by atoms with E-state index in [1.54, 1.807) is 12.1 Å². The third-order valence-corrected chi connectivity index (χ3v) is 5.20. The molecule has 0 bridgehead atoms. The van der Waals surface area contributed by atoms with E-state index < -0.39 is 21.7 Å². The first-order valence-corrected chi connectivity index (χ1v) is 9.99. The SMILES string of the molecule is CC(C)CNS(=O)(=O)c1ccc(CCC(=O)Nc2ccc(F)c(F)c2)cc1. The van der Waals surface area contributed by atoms with Crippen LogP contribution >= 0.6 is 0 Å². The first-order valence-electron chi connectivity index (χ1n) is 8.51. The van der Waals surface area contributed by atoms with Gasteiger partial charge in [0, 0.05) is 24.7 Å². The smallest absolute Gasteiger partial charge is 0.240 e. The highest BCUT2D eigenvalue weighted by Gasteiger charge is 2.14. The number of sulfonamides is 1. The second-order valence-electron chi connectivity index (χ2n) is 6.57. The molecule has 0 fully saturated rings. The van der Waals surface area contributed by atoms with Crippen LogP contribution in [0.1, 0.15) is 25.8 Å². The minimum absolute atomic E-state index is 0.122. The summed E-state index contributed by atoms with van der Waals surface area (Å²) in [6.07, 6.45) is 0.506. The molecule has 2 aromatic rings. The van der Waals surface area contributed by atoms with Crippen molar-refractivity contribution in [1.82, 2.24) is 4.72 Å². The van der Waals surface area contributed by atoms with E-state index in [-0.39, 0.29) is 28.8 Å². The summed E-state index contributed by atoms with van der Waals surface area (Å²) in [4.78, 5) is 12.1. The molecular weight excluding hydrogens is 374 g/mol. The fourth-order valence-corrected chi connectivity index (χ4v) is 3.46. The molecule has 146 valence electrons. The number of halogens is 2. The van der Waals surface area contributed by atoms with E-state index in [1.807, 2.05) is 13.8 Å². The van der Waals surface area contributed by atoms with Gasteiger partial charge in [-0.05, 0) is 42.2 Å². The minimum atomic E-state index is -3.55. The van der Waals surface area contributed by atoms with Crippen molar-refractivity contribution in [1.29, 1.82) is 0 Å². The summed E-state index contributed by atoms with van der Waals surface area (Å²) < 4.78 is 52.8. The fraction of sp³-hybridized carbons (Fsp3) is 0.316. The van der Waals surface area contributed by atoms with Gasteiger partial charge in [0.25, 0.3) is 0 Å². The van der Waals surface area contributed by atoms with Gasteiger partial charge in [-0.2, -0.15) is 0 Å². The maximum atomic E-state index is 13.1. The van der Waals surface area contributed by atoms with Crippen molar-refractivity contribution in [3.05, 3.63) is 59.7 Å². The standard InChI is InChI=1S/C19H22F2N2O3S/c1-13(2)12-22-27(25,26)16-7-3-14(4-8-16)5-10-19(24)23-15-6-9-17(20)18(21)11-15/h3-4,6-9,11,13,22H,5,10,12H2,1-2H3,(H,23,24). The van der Waals surface area contributed by atoms with E-state index in [9.17, 15) is 22.0 Å². The summed E-state index contributed by atoms with van der Waals surface area (Å²) in [6, 6.07) is 9.41. The molecular formula is C19H22F2N2O3S. The first kappa shape index (κ1) is 21.0. The summed E-state index contributed by atoms with van der Waals surface area (Å²) in [7, 11) is -3.55. The van der Waals surface area contributed by atoms with Crippen LogP contribution in [0.3, 0.4) is 0 Å². The third-order valence-electron chi connectivity index (χ3n) is 3.76. The Hall–Kier alpha value is -2.32. The summed E-state index contributed by atoms with van der Waals surface area (Å²) >= 11 is 0. The van der Waals surface area contributed by atoms with E-state index in [2.05, 4.69) is 10.0 Å². The van der Waals surface area contributed by atoms with Crippen LogP contribution in [0.15, 0.2) is 47.4 Å². The van der Waals surface area contributed by atoms with Crippen molar-refractivity contribution in [3.8, 4) is 0 Å². The van der Waals surface area contributed by atoms with Crippen LogP contribution in [0, 0.1) is 17.6 Å². The molecule has 0 aliphatic rings. The van der Waals surface area contributed by atoms with E-state index in [0.29, 0.717) is 13.0 Å². The summed E-state index contributed by atoms with van der Waals surface area (Å²) in [5.74, 6) is -2.16. The number of anilines is 1. The minimum Gasteiger partial charge on any atom is -0.326 e. The van der Waals surface area contributed by atoms with Crippen LogP contribution in [-0.4, -0.2) is 20.9 Å². The predicted molar refractivity (Wildman–Crippen MR) is 99.8 cm³/mol. The molecule has 0 aromatic heterocycles. The van der Waals surface area contributed by atoms with E-state index in [0.717, 1.165) is 17.7 Å². The van der Waals surface area contributed by atoms with E-state index in [1.165, 1.54) is 18.2 Å². The molecule has 27 heavy (non-hydrogen) atoms. The van der Waals surface area contributed by atoms with Gasteiger partial charge < -0.3 is 5.32 Å². The van der Waals surface area contributed by atoms with Crippen molar-refractivity contribution >= 4 is 21.6 Å². The molecule has 0 heterocycles. The Balaban J connectivity index is 1.90. The van der Waals surface area contributed by atoms with Crippen LogP contribution < -0.4 is 10.0 Å². The van der Waals surface area contributed by atoms with Crippen molar-refractivity contribution in [2.75, 3.05) is 11.9 Å². The Labute approximate surface area is 157 Å². The zero-order valence-corrected chi connectivity index (χ0v) is 15.9. The number of benzene rings is 2. The molecule has 5 nitrogen and oxygen atoms in total. The van der Waals surface area contributed by atoms with Gasteiger partial charge in [0.05, 0.1) is 4.90 Å². The average Bonchev–Trinajstić information content (AvgIpc) is 2.62. The van der Waals surface area contributed by atoms with Gasteiger partial charge in [0.15, 0.2) is 11.6 Å². The lowest BCUT2D eigenvalue weighted by atomic mass is 10.1. The first-order chi connectivity index (χ1) is 12.7. The Bertz CT molecular complexity index is 898. The van der Waals surface area contributed by atoms with Crippen LogP contribution in [0.5, 0.6) is 0 Å². The molecule has 0 saturated carbocycles. The Morgan fingerprint density at radius 2 is 1.70 bits per heavy atom. The molecule has 0 aliphatic carbocycles. The number of carbonyl (C=O) groups excluding carboxylic acids is 1. The summed E-state index contributed by atoms with van der Waals surface area (Å²) in [5.41, 5.74) is 0.967. The van der Waals surface area contributed by atoms with Gasteiger partial charge >= 0.3 is 0 Å². The predicted octanol–water partition coefficient (Wildman–Crippen LogP) is 3.47. The monoisotopic (exact) mass is 396 g/mol. The molecule has 0 saturated heterocycles. The second-order valence-corrected chi connectivity index (χ2v) is 8.33. The zero-order chi connectivity index (χ0) is 20.0. The van der Waals surface area contributed by atoms with Gasteiger partial charge in [0.2, 0.25) is 15.9 Å². The van der Waals surface area contributed by atoms with Crippen LogP contribution in [0.25, 0.3) is 0 Å². The molecule has 8 heteroatoms. The third kappa shape index (κ3) is 6.41. The number of carbonyl (C=O) groups is 1. The molecule has 0 aliphatic heterocycles. The molecule has 0 radical (unpaired) electrons. The van der Waals surface area contributed by atoms with Crippen molar-refractivity contribution in [2.24, 2.45) is 5.92 Å². The number of aryl methyl sites for hydroxylation is 1. The van der Waals surface area contributed by atoms with Crippen LogP contribution in [-0.2, 0) is 21.2 Å². The van der Waals surface area contributed by atoms with Crippen molar-refractivity contribution in [3.63, 3.8) is 0 Å². The molecule has 2 N–H and O–H groups in total. The summed E-state index contributed by atoms with van der Waals surface area (Å²) in [5, 5.41) is 2.49. The van der Waals surface area contributed by atoms with Crippen molar-refractivity contribution in [2.45, 2.75) is 31.6 Å². The highest BCUT2D eigenvalue weighted by atomic mass is 32.2. The van der Waals surface area contributed by atoms with E-state index in [4.69, 9.17) is 0 Å². The highest BCUT2D eigenvalue weighted by Crippen LogP contribution is 2.15. The maximum absolute atomic E-state index is 13.1. The molecule has 1 amide bonds. The Morgan fingerprint density at radius 1 is 1.04 bits per heavy atom. The number of nitrogens with one attached hydrogen (secondary N) is 2. The topological polar surface area (TPSA) is 75.3 Å². The number of hydrogen-bond donors (Lipinski definition) is 2. The van der Waals surface area contributed by atoms with E-state index >= 15 is 0 Å².